The van der Waals surface area contributed by atoms with Crippen LogP contribution in [0.4, 0.5) is 4.79 Å². The van der Waals surface area contributed by atoms with Crippen molar-refractivity contribution in [2.45, 2.75) is 13.0 Å². The second kappa shape index (κ2) is 3.81. The van der Waals surface area contributed by atoms with Crippen molar-refractivity contribution >= 4 is 6.03 Å². The van der Waals surface area contributed by atoms with Crippen LogP contribution in [0.3, 0.4) is 0 Å². The van der Waals surface area contributed by atoms with Crippen molar-refractivity contribution < 1.29 is 4.79 Å². The summed E-state index contributed by atoms with van der Waals surface area (Å²) in [4.78, 5) is 14.0. The molecule has 2 amide bonds. The third-order valence-electron chi connectivity index (χ3n) is 1.45. The number of carbonyl (C=O) groups excluding carboxylic acids is 1. The highest BCUT2D eigenvalue weighted by molar-refractivity contribution is 5.74. The average Bonchev–Trinajstić information content (AvgIpc) is 2.00. The molecule has 0 rings (SSSR count). The standard InChI is InChI=1S/C7H13N3O/c1-6(5-8)10(4)7(11)9(2)3/h6H,1-4H3. The van der Waals surface area contributed by atoms with Crippen molar-refractivity contribution in [1.29, 1.82) is 5.26 Å². The first-order chi connectivity index (χ1) is 5.00. The Bertz CT molecular complexity index is 183. The van der Waals surface area contributed by atoms with E-state index in [0.29, 0.717) is 0 Å². The van der Waals surface area contributed by atoms with E-state index in [1.165, 1.54) is 9.80 Å². The normalized spacial score (nSPS) is 11.5. The van der Waals surface area contributed by atoms with Crippen LogP contribution >= 0.6 is 0 Å². The summed E-state index contributed by atoms with van der Waals surface area (Å²) in [7, 11) is 4.92. The molecule has 0 aromatic heterocycles. The maximum Gasteiger partial charge on any atom is 0.320 e. The highest BCUT2D eigenvalue weighted by atomic mass is 16.2. The minimum Gasteiger partial charge on any atom is -0.331 e. The molecule has 0 aromatic carbocycles. The van der Waals surface area contributed by atoms with Crippen molar-refractivity contribution in [1.82, 2.24) is 9.80 Å². The molecule has 0 radical (unpaired) electrons. The Labute approximate surface area is 67.0 Å². The second-order valence-electron chi connectivity index (χ2n) is 2.59. The number of hydrogen-bond donors (Lipinski definition) is 0. The van der Waals surface area contributed by atoms with Gasteiger partial charge in [-0.15, -0.1) is 0 Å². The molecule has 4 nitrogen and oxygen atoms in total. The average molecular weight is 155 g/mol. The van der Waals surface area contributed by atoms with Crippen LogP contribution in [-0.4, -0.2) is 43.0 Å². The summed E-state index contributed by atoms with van der Waals surface area (Å²) in [6.45, 7) is 1.68. The van der Waals surface area contributed by atoms with Gasteiger partial charge in [0.05, 0.1) is 6.07 Å². The first-order valence-corrected chi connectivity index (χ1v) is 3.34. The van der Waals surface area contributed by atoms with Crippen molar-refractivity contribution in [2.24, 2.45) is 0 Å². The number of carbonyl (C=O) groups is 1. The lowest BCUT2D eigenvalue weighted by atomic mass is 10.3. The van der Waals surface area contributed by atoms with Gasteiger partial charge in [0.15, 0.2) is 0 Å². The van der Waals surface area contributed by atoms with Gasteiger partial charge in [0.25, 0.3) is 0 Å². The molecule has 0 heterocycles. The van der Waals surface area contributed by atoms with Crippen molar-refractivity contribution in [3.63, 3.8) is 0 Å². The van der Waals surface area contributed by atoms with Gasteiger partial charge in [0.1, 0.15) is 6.04 Å². The monoisotopic (exact) mass is 155 g/mol. The minimum absolute atomic E-state index is 0.154. The Hall–Kier alpha value is -1.24. The van der Waals surface area contributed by atoms with E-state index in [1.54, 1.807) is 28.1 Å². The molecule has 62 valence electrons. The van der Waals surface area contributed by atoms with Crippen LogP contribution in [0, 0.1) is 11.3 Å². The fourth-order valence-corrected chi connectivity index (χ4v) is 0.568. The highest BCUT2D eigenvalue weighted by Crippen LogP contribution is 1.96. The van der Waals surface area contributed by atoms with Gasteiger partial charge in [-0.3, -0.25) is 0 Å². The van der Waals surface area contributed by atoms with E-state index in [4.69, 9.17) is 5.26 Å². The molecule has 0 saturated heterocycles. The van der Waals surface area contributed by atoms with Crippen LogP contribution < -0.4 is 0 Å². The second-order valence-corrected chi connectivity index (χ2v) is 2.59. The Morgan fingerprint density at radius 3 is 2.18 bits per heavy atom. The van der Waals surface area contributed by atoms with Crippen molar-refractivity contribution in [3.8, 4) is 6.07 Å². The number of nitriles is 1. The number of hydrogen-bond acceptors (Lipinski definition) is 2. The molecule has 11 heavy (non-hydrogen) atoms. The number of amides is 2. The van der Waals surface area contributed by atoms with E-state index < -0.39 is 0 Å². The Morgan fingerprint density at radius 2 is 1.91 bits per heavy atom. The maximum absolute atomic E-state index is 11.1. The molecule has 4 heteroatoms. The molecular formula is C7H13N3O. The van der Waals surface area contributed by atoms with Crippen LogP contribution in [0.5, 0.6) is 0 Å². The summed E-state index contributed by atoms with van der Waals surface area (Å²) in [6, 6.07) is 1.45. The SMILES string of the molecule is CC(C#N)N(C)C(=O)N(C)C. The third-order valence-corrected chi connectivity index (χ3v) is 1.45. The van der Waals surface area contributed by atoms with Gasteiger partial charge in [0, 0.05) is 21.1 Å². The summed E-state index contributed by atoms with van der Waals surface area (Å²) in [5.41, 5.74) is 0. The molecule has 0 aliphatic carbocycles. The fourth-order valence-electron chi connectivity index (χ4n) is 0.568. The smallest absolute Gasteiger partial charge is 0.320 e. The molecule has 0 fully saturated rings. The Morgan fingerprint density at radius 1 is 1.45 bits per heavy atom. The Balaban J connectivity index is 4.16. The van der Waals surface area contributed by atoms with Crippen LogP contribution in [0.2, 0.25) is 0 Å². The summed E-state index contributed by atoms with van der Waals surface area (Å²) in [5.74, 6) is 0. The summed E-state index contributed by atoms with van der Waals surface area (Å²) in [5, 5.41) is 8.47. The van der Waals surface area contributed by atoms with E-state index in [9.17, 15) is 4.79 Å². The van der Waals surface area contributed by atoms with Crippen LogP contribution in [-0.2, 0) is 0 Å². The largest absolute Gasteiger partial charge is 0.331 e. The quantitative estimate of drug-likeness (QED) is 0.554. The first-order valence-electron chi connectivity index (χ1n) is 3.34. The predicted molar refractivity (Wildman–Crippen MR) is 41.9 cm³/mol. The van der Waals surface area contributed by atoms with Gasteiger partial charge in [-0.2, -0.15) is 5.26 Å². The zero-order chi connectivity index (χ0) is 9.02. The molecule has 0 aliphatic heterocycles. The van der Waals surface area contributed by atoms with Crippen LogP contribution in [0.15, 0.2) is 0 Å². The van der Waals surface area contributed by atoms with E-state index in [1.807, 2.05) is 6.07 Å². The highest BCUT2D eigenvalue weighted by Gasteiger charge is 2.15. The summed E-state index contributed by atoms with van der Waals surface area (Å²) in [6.07, 6.45) is 0. The van der Waals surface area contributed by atoms with Crippen LogP contribution in [0.1, 0.15) is 6.92 Å². The molecule has 0 N–H and O–H groups in total. The lowest BCUT2D eigenvalue weighted by Gasteiger charge is -2.23. The minimum atomic E-state index is -0.370. The lowest BCUT2D eigenvalue weighted by molar-refractivity contribution is 0.176. The van der Waals surface area contributed by atoms with Gasteiger partial charge in [-0.25, -0.2) is 4.79 Å². The van der Waals surface area contributed by atoms with Crippen molar-refractivity contribution in [3.05, 3.63) is 0 Å². The van der Waals surface area contributed by atoms with E-state index in [-0.39, 0.29) is 12.1 Å². The lowest BCUT2D eigenvalue weighted by Crippen LogP contribution is -2.41. The molecular weight excluding hydrogens is 142 g/mol. The zero-order valence-electron chi connectivity index (χ0n) is 7.33. The molecule has 0 spiro atoms. The summed E-state index contributed by atoms with van der Waals surface area (Å²) < 4.78 is 0. The van der Waals surface area contributed by atoms with Crippen LogP contribution in [0.25, 0.3) is 0 Å². The Kier molecular flexibility index (Phi) is 3.38. The fraction of sp³-hybridized carbons (Fsp3) is 0.714. The van der Waals surface area contributed by atoms with Crippen molar-refractivity contribution in [2.75, 3.05) is 21.1 Å². The topological polar surface area (TPSA) is 47.3 Å². The number of nitrogens with zero attached hydrogens (tertiary/aromatic N) is 3. The van der Waals surface area contributed by atoms with Gasteiger partial charge < -0.3 is 9.80 Å². The van der Waals surface area contributed by atoms with E-state index in [2.05, 4.69) is 0 Å². The molecule has 0 bridgehead atoms. The number of urea groups is 1. The maximum atomic E-state index is 11.1. The van der Waals surface area contributed by atoms with E-state index >= 15 is 0 Å². The predicted octanol–water partition coefficient (Wildman–Crippen LogP) is 0.512. The van der Waals surface area contributed by atoms with E-state index in [0.717, 1.165) is 0 Å². The molecule has 0 aromatic rings. The molecule has 0 saturated carbocycles. The first kappa shape index (κ1) is 9.76. The van der Waals surface area contributed by atoms with Gasteiger partial charge in [-0.1, -0.05) is 0 Å². The summed E-state index contributed by atoms with van der Waals surface area (Å²) >= 11 is 0. The van der Waals surface area contributed by atoms with Gasteiger partial charge in [0.2, 0.25) is 0 Å². The number of rotatable bonds is 1. The molecule has 0 aliphatic rings. The van der Waals surface area contributed by atoms with Gasteiger partial charge in [-0.05, 0) is 6.92 Å². The molecule has 1 atom stereocenters. The molecule has 1 unspecified atom stereocenters. The van der Waals surface area contributed by atoms with Gasteiger partial charge >= 0.3 is 6.03 Å². The third kappa shape index (κ3) is 2.46. The zero-order valence-corrected chi connectivity index (χ0v) is 7.33.